The molecule has 134 valence electrons. The van der Waals surface area contributed by atoms with Gasteiger partial charge < -0.3 is 10.5 Å². The van der Waals surface area contributed by atoms with Crippen molar-refractivity contribution in [2.24, 2.45) is 11.7 Å². The van der Waals surface area contributed by atoms with Gasteiger partial charge in [0.05, 0.1) is 22.0 Å². The number of hydrogen-bond acceptors (Lipinski definition) is 6. The molecule has 0 radical (unpaired) electrons. The second-order valence-corrected chi connectivity index (χ2v) is 11.0. The first-order chi connectivity index (χ1) is 11.1. The molecule has 1 heterocycles. The van der Waals surface area contributed by atoms with Crippen molar-refractivity contribution in [3.05, 3.63) is 23.8 Å². The van der Waals surface area contributed by atoms with Crippen molar-refractivity contribution in [3.63, 3.8) is 0 Å². The normalized spacial score (nSPS) is 31.0. The van der Waals surface area contributed by atoms with Crippen LogP contribution in [0.2, 0.25) is 0 Å². The van der Waals surface area contributed by atoms with Crippen LogP contribution in [-0.4, -0.2) is 41.5 Å². The molecule has 4 atom stereocenters. The lowest BCUT2D eigenvalue weighted by atomic mass is 9.82. The second kappa shape index (κ2) is 6.09. The predicted molar refractivity (Wildman–Crippen MR) is 90.2 cm³/mol. The van der Waals surface area contributed by atoms with Crippen molar-refractivity contribution >= 4 is 19.7 Å². The first-order valence-electron chi connectivity index (χ1n) is 8.01. The number of fused-ring (bicyclic) bond motifs is 1. The summed E-state index contributed by atoms with van der Waals surface area (Å²) < 4.78 is 54.0. The first kappa shape index (κ1) is 17.8. The highest BCUT2D eigenvalue weighted by molar-refractivity contribution is 7.91. The Morgan fingerprint density at radius 2 is 1.75 bits per heavy atom. The highest BCUT2D eigenvalue weighted by Crippen LogP contribution is 2.45. The van der Waals surface area contributed by atoms with Gasteiger partial charge in [0, 0.05) is 18.6 Å². The molecule has 1 aromatic rings. The zero-order valence-corrected chi connectivity index (χ0v) is 15.4. The average molecular weight is 373 g/mol. The van der Waals surface area contributed by atoms with E-state index in [-0.39, 0.29) is 28.0 Å². The summed E-state index contributed by atoms with van der Waals surface area (Å²) in [4.78, 5) is 0.0440. The van der Waals surface area contributed by atoms with E-state index in [9.17, 15) is 16.8 Å². The topological polar surface area (TPSA) is 104 Å². The van der Waals surface area contributed by atoms with Crippen LogP contribution in [-0.2, 0) is 24.4 Å². The SMILES string of the molecule is CS(=O)(=O)c1ccc(C2CC3CC(N)CCC3O2)c(S(C)(=O)=O)c1. The lowest BCUT2D eigenvalue weighted by Crippen LogP contribution is -2.33. The van der Waals surface area contributed by atoms with E-state index in [1.807, 2.05) is 0 Å². The van der Waals surface area contributed by atoms with E-state index >= 15 is 0 Å². The fourth-order valence-corrected chi connectivity index (χ4v) is 5.46. The number of benzene rings is 1. The van der Waals surface area contributed by atoms with E-state index in [4.69, 9.17) is 10.5 Å². The second-order valence-electron chi connectivity index (χ2n) is 6.98. The Hall–Kier alpha value is -0.960. The summed E-state index contributed by atoms with van der Waals surface area (Å²) in [6.45, 7) is 0. The minimum absolute atomic E-state index is 0.00381. The molecule has 3 rings (SSSR count). The van der Waals surface area contributed by atoms with Crippen LogP contribution in [0.4, 0.5) is 0 Å². The minimum Gasteiger partial charge on any atom is -0.370 e. The minimum atomic E-state index is -3.57. The standard InChI is InChI=1S/C16H23NO5S2/c1-23(18,19)12-4-5-13(16(9-12)24(2,20)21)15-8-10-7-11(17)3-6-14(10)22-15/h4-5,9-11,14-15H,3,6-8,17H2,1-2H3. The zero-order chi connectivity index (χ0) is 17.7. The van der Waals surface area contributed by atoms with Crippen LogP contribution in [0.5, 0.6) is 0 Å². The molecular weight excluding hydrogens is 350 g/mol. The average Bonchev–Trinajstić information content (AvgIpc) is 2.87. The fourth-order valence-electron chi connectivity index (χ4n) is 3.77. The molecule has 2 fully saturated rings. The van der Waals surface area contributed by atoms with E-state index in [0.717, 1.165) is 38.2 Å². The Balaban J connectivity index is 1.99. The van der Waals surface area contributed by atoms with E-state index in [1.54, 1.807) is 6.07 Å². The number of sulfone groups is 2. The van der Waals surface area contributed by atoms with Gasteiger partial charge in [-0.05, 0) is 49.3 Å². The van der Waals surface area contributed by atoms with Gasteiger partial charge in [-0.2, -0.15) is 0 Å². The van der Waals surface area contributed by atoms with Gasteiger partial charge in [0.2, 0.25) is 0 Å². The van der Waals surface area contributed by atoms with Crippen molar-refractivity contribution in [1.82, 2.24) is 0 Å². The van der Waals surface area contributed by atoms with Crippen LogP contribution >= 0.6 is 0 Å². The van der Waals surface area contributed by atoms with E-state index < -0.39 is 19.7 Å². The molecule has 8 heteroatoms. The molecular formula is C16H23NO5S2. The quantitative estimate of drug-likeness (QED) is 0.860. The Labute approximate surface area is 143 Å². The summed E-state index contributed by atoms with van der Waals surface area (Å²) in [6.07, 6.45) is 5.35. The van der Waals surface area contributed by atoms with Crippen molar-refractivity contribution in [2.45, 2.75) is 53.7 Å². The molecule has 0 amide bonds. The monoisotopic (exact) mass is 373 g/mol. The van der Waals surface area contributed by atoms with Crippen molar-refractivity contribution in [1.29, 1.82) is 0 Å². The van der Waals surface area contributed by atoms with Crippen molar-refractivity contribution in [3.8, 4) is 0 Å². The van der Waals surface area contributed by atoms with Crippen LogP contribution in [0.1, 0.15) is 37.4 Å². The third kappa shape index (κ3) is 3.51. The van der Waals surface area contributed by atoms with Gasteiger partial charge in [-0.1, -0.05) is 6.07 Å². The molecule has 1 saturated heterocycles. The van der Waals surface area contributed by atoms with Gasteiger partial charge in [-0.15, -0.1) is 0 Å². The summed E-state index contributed by atoms with van der Waals surface area (Å²) in [6, 6.07) is 4.46. The van der Waals surface area contributed by atoms with Gasteiger partial charge >= 0.3 is 0 Å². The number of hydrogen-bond donors (Lipinski definition) is 1. The molecule has 0 bridgehead atoms. The first-order valence-corrected chi connectivity index (χ1v) is 11.8. The smallest absolute Gasteiger partial charge is 0.175 e. The van der Waals surface area contributed by atoms with Gasteiger partial charge in [0.1, 0.15) is 0 Å². The number of ether oxygens (including phenoxy) is 1. The Morgan fingerprint density at radius 1 is 1.04 bits per heavy atom. The largest absolute Gasteiger partial charge is 0.370 e. The molecule has 1 saturated carbocycles. The molecule has 0 spiro atoms. The van der Waals surface area contributed by atoms with Crippen molar-refractivity contribution in [2.75, 3.05) is 12.5 Å². The van der Waals surface area contributed by atoms with Gasteiger partial charge in [0.25, 0.3) is 0 Å². The zero-order valence-electron chi connectivity index (χ0n) is 13.8. The number of nitrogens with two attached hydrogens (primary N) is 1. The van der Waals surface area contributed by atoms with E-state index in [0.29, 0.717) is 11.5 Å². The third-order valence-corrected chi connectivity index (χ3v) is 7.23. The highest BCUT2D eigenvalue weighted by Gasteiger charge is 2.40. The van der Waals surface area contributed by atoms with E-state index in [2.05, 4.69) is 0 Å². The summed E-state index contributed by atoms with van der Waals surface area (Å²) in [7, 11) is -7.04. The van der Waals surface area contributed by atoms with Gasteiger partial charge in [-0.25, -0.2) is 16.8 Å². The van der Waals surface area contributed by atoms with Crippen LogP contribution in [0, 0.1) is 5.92 Å². The molecule has 1 aromatic carbocycles. The number of rotatable bonds is 3. The molecule has 2 aliphatic rings. The van der Waals surface area contributed by atoms with Crippen molar-refractivity contribution < 1.29 is 21.6 Å². The summed E-state index contributed by atoms with van der Waals surface area (Å²) in [5, 5.41) is 0. The molecule has 4 unspecified atom stereocenters. The van der Waals surface area contributed by atoms with Gasteiger partial charge in [0.15, 0.2) is 19.7 Å². The summed E-state index contributed by atoms with van der Waals surface area (Å²) in [5.41, 5.74) is 6.57. The maximum atomic E-state index is 12.2. The Kier molecular flexibility index (Phi) is 4.53. The Bertz CT molecular complexity index is 847. The fraction of sp³-hybridized carbons (Fsp3) is 0.625. The summed E-state index contributed by atoms with van der Waals surface area (Å²) >= 11 is 0. The lowest BCUT2D eigenvalue weighted by Gasteiger charge is -2.28. The summed E-state index contributed by atoms with van der Waals surface area (Å²) in [5.74, 6) is 0.334. The molecule has 2 N–H and O–H groups in total. The van der Waals surface area contributed by atoms with Gasteiger partial charge in [-0.3, -0.25) is 0 Å². The van der Waals surface area contributed by atoms with E-state index in [1.165, 1.54) is 12.1 Å². The van der Waals surface area contributed by atoms with Crippen LogP contribution in [0.3, 0.4) is 0 Å². The molecule has 1 aliphatic carbocycles. The third-order valence-electron chi connectivity index (χ3n) is 4.97. The van der Waals surface area contributed by atoms with Crippen LogP contribution in [0.15, 0.2) is 28.0 Å². The molecule has 1 aliphatic heterocycles. The highest BCUT2D eigenvalue weighted by atomic mass is 32.2. The molecule has 6 nitrogen and oxygen atoms in total. The molecule has 0 aromatic heterocycles. The maximum absolute atomic E-state index is 12.2. The van der Waals surface area contributed by atoms with Crippen LogP contribution < -0.4 is 5.73 Å². The van der Waals surface area contributed by atoms with Crippen LogP contribution in [0.25, 0.3) is 0 Å². The maximum Gasteiger partial charge on any atom is 0.175 e. The predicted octanol–water partition coefficient (Wildman–Crippen LogP) is 1.45. The molecule has 24 heavy (non-hydrogen) atoms. The Morgan fingerprint density at radius 3 is 2.38 bits per heavy atom. The lowest BCUT2D eigenvalue weighted by molar-refractivity contribution is 0.0145.